The lowest BCUT2D eigenvalue weighted by molar-refractivity contribution is 0.399. The Morgan fingerprint density at radius 2 is 1.04 bits per heavy atom. The number of fused-ring (bicyclic) bond motifs is 2. The van der Waals surface area contributed by atoms with Crippen LogP contribution in [0.5, 0.6) is 0 Å². The molecular formula is C24H42N4. The van der Waals surface area contributed by atoms with Gasteiger partial charge in [-0.1, -0.05) is 78.1 Å². The second-order valence-electron chi connectivity index (χ2n) is 8.98. The van der Waals surface area contributed by atoms with Gasteiger partial charge in [-0.3, -0.25) is 9.97 Å². The molecule has 158 valence electrons. The summed E-state index contributed by atoms with van der Waals surface area (Å²) in [5, 5.41) is 7.44. The van der Waals surface area contributed by atoms with Gasteiger partial charge in [-0.25, -0.2) is 0 Å². The van der Waals surface area contributed by atoms with Gasteiger partial charge in [-0.15, -0.1) is 0 Å². The van der Waals surface area contributed by atoms with E-state index in [1.54, 1.807) is 0 Å². The standard InChI is InChI=1S/C24H42N4/c1-3-5-7-9-11-13-19-15-21-23(17-25-19)28-22-16-20(26-18-24(22)27-21)14-12-10-8-6-4-2/h19-20,25-26H,3-18H2,1-2H3. The summed E-state index contributed by atoms with van der Waals surface area (Å²) in [4.78, 5) is 10.1. The van der Waals surface area contributed by atoms with Crippen molar-refractivity contribution < 1.29 is 0 Å². The van der Waals surface area contributed by atoms with Crippen LogP contribution in [0, 0.1) is 0 Å². The molecule has 1 aromatic heterocycles. The fraction of sp³-hybridized carbons (Fsp3) is 0.833. The number of nitrogens with zero attached hydrogens (tertiary/aromatic N) is 2. The molecule has 0 aliphatic carbocycles. The van der Waals surface area contributed by atoms with Crippen LogP contribution in [0.3, 0.4) is 0 Å². The maximum atomic E-state index is 5.05. The fourth-order valence-electron chi connectivity index (χ4n) is 4.68. The maximum absolute atomic E-state index is 5.05. The van der Waals surface area contributed by atoms with E-state index in [1.807, 2.05) is 0 Å². The van der Waals surface area contributed by atoms with E-state index in [4.69, 9.17) is 9.97 Å². The number of hydrogen-bond acceptors (Lipinski definition) is 4. The smallest absolute Gasteiger partial charge is 0.0760 e. The van der Waals surface area contributed by atoms with Crippen LogP contribution in [-0.2, 0) is 25.9 Å². The lowest BCUT2D eigenvalue weighted by atomic mass is 9.96. The first-order valence-corrected chi connectivity index (χ1v) is 12.1. The van der Waals surface area contributed by atoms with Crippen molar-refractivity contribution in [1.82, 2.24) is 20.6 Å². The minimum atomic E-state index is 0.592. The zero-order valence-electron chi connectivity index (χ0n) is 18.4. The number of aromatic nitrogens is 2. The zero-order chi connectivity index (χ0) is 19.6. The molecule has 2 aliphatic heterocycles. The normalized spacial score (nSPS) is 21.4. The van der Waals surface area contributed by atoms with Crippen LogP contribution in [-0.4, -0.2) is 22.1 Å². The quantitative estimate of drug-likeness (QED) is 0.483. The molecule has 1 aromatic rings. The molecule has 4 nitrogen and oxygen atoms in total. The highest BCUT2D eigenvalue weighted by molar-refractivity contribution is 5.25. The van der Waals surface area contributed by atoms with E-state index in [-0.39, 0.29) is 0 Å². The van der Waals surface area contributed by atoms with Crippen LogP contribution in [0.1, 0.15) is 114 Å². The van der Waals surface area contributed by atoms with E-state index >= 15 is 0 Å². The number of unbranched alkanes of at least 4 members (excludes halogenated alkanes) is 8. The van der Waals surface area contributed by atoms with Gasteiger partial charge in [-0.05, 0) is 12.8 Å². The molecule has 2 aliphatic rings. The Morgan fingerprint density at radius 3 is 1.46 bits per heavy atom. The molecule has 0 fully saturated rings. The van der Waals surface area contributed by atoms with E-state index in [9.17, 15) is 0 Å². The number of hydrogen-bond donors (Lipinski definition) is 2. The van der Waals surface area contributed by atoms with Crippen molar-refractivity contribution in [2.45, 2.75) is 129 Å². The summed E-state index contributed by atoms with van der Waals surface area (Å²) >= 11 is 0. The van der Waals surface area contributed by atoms with Gasteiger partial charge in [0.25, 0.3) is 0 Å². The maximum Gasteiger partial charge on any atom is 0.0760 e. The lowest BCUT2D eigenvalue weighted by Gasteiger charge is -2.29. The summed E-state index contributed by atoms with van der Waals surface area (Å²) in [5.74, 6) is 0. The Morgan fingerprint density at radius 1 is 0.607 bits per heavy atom. The molecule has 2 unspecified atom stereocenters. The van der Waals surface area contributed by atoms with Gasteiger partial charge in [-0.2, -0.15) is 0 Å². The van der Waals surface area contributed by atoms with Gasteiger partial charge in [0, 0.05) is 38.0 Å². The Hall–Kier alpha value is -1.00. The van der Waals surface area contributed by atoms with Gasteiger partial charge < -0.3 is 10.6 Å². The number of nitrogens with one attached hydrogen (secondary N) is 2. The monoisotopic (exact) mass is 386 g/mol. The molecule has 0 saturated heterocycles. The highest BCUT2D eigenvalue weighted by Gasteiger charge is 2.25. The van der Waals surface area contributed by atoms with Gasteiger partial charge in [0.2, 0.25) is 0 Å². The molecule has 2 N–H and O–H groups in total. The summed E-state index contributed by atoms with van der Waals surface area (Å²) < 4.78 is 0. The third-order valence-corrected chi connectivity index (χ3v) is 6.51. The van der Waals surface area contributed by atoms with Crippen LogP contribution in [0.15, 0.2) is 0 Å². The highest BCUT2D eigenvalue weighted by Crippen LogP contribution is 2.23. The van der Waals surface area contributed by atoms with Crippen LogP contribution < -0.4 is 10.6 Å². The van der Waals surface area contributed by atoms with Crippen LogP contribution >= 0.6 is 0 Å². The van der Waals surface area contributed by atoms with Crippen molar-refractivity contribution >= 4 is 0 Å². The molecule has 3 heterocycles. The number of rotatable bonds is 12. The van der Waals surface area contributed by atoms with Crippen LogP contribution in [0.25, 0.3) is 0 Å². The molecule has 0 spiro atoms. The average Bonchev–Trinajstić information content (AvgIpc) is 2.72. The Bertz CT molecular complexity index is 534. The topological polar surface area (TPSA) is 49.8 Å². The first-order chi connectivity index (χ1) is 13.8. The SMILES string of the molecule is CCCCCCCC1Cc2nc3c(nc2CN1)CC(CCCCCCC)NC3. The molecule has 0 aromatic carbocycles. The average molecular weight is 387 g/mol. The van der Waals surface area contributed by atoms with Crippen molar-refractivity contribution in [3.8, 4) is 0 Å². The third-order valence-electron chi connectivity index (χ3n) is 6.51. The van der Waals surface area contributed by atoms with Crippen molar-refractivity contribution in [3.05, 3.63) is 22.8 Å². The van der Waals surface area contributed by atoms with E-state index in [2.05, 4.69) is 24.5 Å². The molecular weight excluding hydrogens is 344 g/mol. The third kappa shape index (κ3) is 6.52. The first kappa shape index (κ1) is 21.7. The van der Waals surface area contributed by atoms with Crippen molar-refractivity contribution in [2.75, 3.05) is 0 Å². The van der Waals surface area contributed by atoms with E-state index in [0.29, 0.717) is 12.1 Å². The van der Waals surface area contributed by atoms with Crippen LogP contribution in [0.4, 0.5) is 0 Å². The Kier molecular flexibility index (Phi) is 9.20. The van der Waals surface area contributed by atoms with E-state index < -0.39 is 0 Å². The second kappa shape index (κ2) is 11.9. The molecule has 0 amide bonds. The van der Waals surface area contributed by atoms with Gasteiger partial charge in [0.05, 0.1) is 22.8 Å². The minimum Gasteiger partial charge on any atom is -0.308 e. The lowest BCUT2D eigenvalue weighted by Crippen LogP contribution is -2.40. The van der Waals surface area contributed by atoms with Crippen molar-refractivity contribution in [2.24, 2.45) is 0 Å². The Balaban J connectivity index is 1.46. The molecule has 0 bridgehead atoms. The molecule has 3 rings (SSSR count). The predicted molar refractivity (Wildman–Crippen MR) is 117 cm³/mol. The minimum absolute atomic E-state index is 0.592. The largest absolute Gasteiger partial charge is 0.308 e. The van der Waals surface area contributed by atoms with Gasteiger partial charge in [0.15, 0.2) is 0 Å². The highest BCUT2D eigenvalue weighted by atomic mass is 15.0. The zero-order valence-corrected chi connectivity index (χ0v) is 18.4. The summed E-state index contributed by atoms with van der Waals surface area (Å²) in [6.45, 7) is 6.38. The van der Waals surface area contributed by atoms with Gasteiger partial charge >= 0.3 is 0 Å². The molecule has 0 radical (unpaired) electrons. The molecule has 28 heavy (non-hydrogen) atoms. The van der Waals surface area contributed by atoms with E-state index in [0.717, 1.165) is 25.9 Å². The first-order valence-electron chi connectivity index (χ1n) is 12.1. The van der Waals surface area contributed by atoms with Crippen LogP contribution in [0.2, 0.25) is 0 Å². The molecule has 2 atom stereocenters. The predicted octanol–water partition coefficient (Wildman–Crippen LogP) is 5.23. The van der Waals surface area contributed by atoms with E-state index in [1.165, 1.54) is 99.8 Å². The summed E-state index contributed by atoms with van der Waals surface area (Å²) in [7, 11) is 0. The summed E-state index contributed by atoms with van der Waals surface area (Å²) in [6, 6.07) is 1.18. The Labute approximate surface area is 172 Å². The fourth-order valence-corrected chi connectivity index (χ4v) is 4.68. The summed E-state index contributed by atoms with van der Waals surface area (Å²) in [6.07, 6.45) is 18.3. The van der Waals surface area contributed by atoms with Gasteiger partial charge in [0.1, 0.15) is 0 Å². The second-order valence-corrected chi connectivity index (χ2v) is 8.98. The van der Waals surface area contributed by atoms with Crippen molar-refractivity contribution in [1.29, 1.82) is 0 Å². The molecule has 4 heteroatoms. The molecule has 0 saturated carbocycles. The van der Waals surface area contributed by atoms with Crippen molar-refractivity contribution in [3.63, 3.8) is 0 Å². The summed E-state index contributed by atoms with van der Waals surface area (Å²) in [5.41, 5.74) is 4.95.